The van der Waals surface area contributed by atoms with Gasteiger partial charge in [0.05, 0.1) is 0 Å². The zero-order valence-corrected chi connectivity index (χ0v) is 16.7. The minimum Gasteiger partial charge on any atom is -0.352 e. The summed E-state index contributed by atoms with van der Waals surface area (Å²) in [6.07, 6.45) is 12.6. The average molecular weight is 392 g/mol. The van der Waals surface area contributed by atoms with E-state index in [1.165, 1.54) is 25.7 Å². The van der Waals surface area contributed by atoms with E-state index in [9.17, 15) is 9.59 Å². The van der Waals surface area contributed by atoms with Crippen molar-refractivity contribution in [3.8, 4) is 0 Å². The maximum atomic E-state index is 12.7. The zero-order valence-electron chi connectivity index (χ0n) is 16.7. The number of nitrogens with one attached hydrogen (secondary N) is 2. The Hall–Kier alpha value is -2.12. The summed E-state index contributed by atoms with van der Waals surface area (Å²) < 4.78 is 5.62. The molecular formula is C20H33N5O3. The van der Waals surface area contributed by atoms with Gasteiger partial charge in [0, 0.05) is 18.9 Å². The van der Waals surface area contributed by atoms with Crippen LogP contribution in [-0.2, 0) is 10.3 Å². The quantitative estimate of drug-likeness (QED) is 0.464. The van der Waals surface area contributed by atoms with Crippen LogP contribution in [0.15, 0.2) is 4.52 Å². The van der Waals surface area contributed by atoms with Gasteiger partial charge in [0.2, 0.25) is 11.8 Å². The van der Waals surface area contributed by atoms with E-state index in [2.05, 4.69) is 15.8 Å². The van der Waals surface area contributed by atoms with E-state index >= 15 is 0 Å². The smallest absolute Gasteiger partial charge is 0.312 e. The number of carbonyl (C=O) groups excluding carboxylic acids is 2. The molecule has 2 aliphatic rings. The first-order valence-corrected chi connectivity index (χ1v) is 10.8. The Bertz CT molecular complexity index is 646. The molecule has 0 bridgehead atoms. The molecule has 0 unspecified atom stereocenters. The highest BCUT2D eigenvalue weighted by Crippen LogP contribution is 2.37. The Morgan fingerprint density at radius 1 is 1.07 bits per heavy atom. The predicted molar refractivity (Wildman–Crippen MR) is 104 cm³/mol. The molecule has 28 heavy (non-hydrogen) atoms. The summed E-state index contributed by atoms with van der Waals surface area (Å²) in [4.78, 5) is 28.1. The van der Waals surface area contributed by atoms with Crippen LogP contribution in [-0.4, -0.2) is 28.6 Å². The van der Waals surface area contributed by atoms with Crippen molar-refractivity contribution >= 4 is 11.9 Å². The van der Waals surface area contributed by atoms with Crippen molar-refractivity contribution in [1.29, 1.82) is 0 Å². The van der Waals surface area contributed by atoms with Crippen molar-refractivity contribution < 1.29 is 14.1 Å². The van der Waals surface area contributed by atoms with E-state index < -0.39 is 11.6 Å². The Labute approximate surface area is 166 Å². The van der Waals surface area contributed by atoms with Crippen molar-refractivity contribution in [3.05, 3.63) is 11.7 Å². The number of nitrogens with zero attached hydrogens (tertiary/aromatic N) is 2. The molecule has 8 heteroatoms. The maximum Gasteiger partial charge on any atom is 0.312 e. The Balaban J connectivity index is 1.63. The molecule has 0 radical (unpaired) electrons. The molecule has 1 aromatic heterocycles. The molecule has 0 aliphatic heterocycles. The summed E-state index contributed by atoms with van der Waals surface area (Å²) in [6.45, 7) is 0.489. The SMILES string of the molecule is NC(=O)NCCCCC(=O)NC1(c2noc(C3CCCC3)n2)CCCCCC1. The molecule has 4 N–H and O–H groups in total. The van der Waals surface area contributed by atoms with E-state index in [4.69, 9.17) is 15.2 Å². The molecule has 1 aromatic rings. The Morgan fingerprint density at radius 2 is 1.79 bits per heavy atom. The van der Waals surface area contributed by atoms with Gasteiger partial charge in [-0.15, -0.1) is 0 Å². The fourth-order valence-corrected chi connectivity index (χ4v) is 4.46. The van der Waals surface area contributed by atoms with Gasteiger partial charge >= 0.3 is 6.03 Å². The molecule has 2 aliphatic carbocycles. The minimum absolute atomic E-state index is 0.00758. The number of amides is 3. The molecule has 8 nitrogen and oxygen atoms in total. The van der Waals surface area contributed by atoms with Crippen LogP contribution in [0.4, 0.5) is 4.79 Å². The van der Waals surface area contributed by atoms with E-state index in [0.717, 1.165) is 50.8 Å². The second kappa shape index (κ2) is 9.89. The third kappa shape index (κ3) is 5.45. The highest BCUT2D eigenvalue weighted by atomic mass is 16.5. The van der Waals surface area contributed by atoms with Gasteiger partial charge in [-0.2, -0.15) is 4.98 Å². The fraction of sp³-hybridized carbons (Fsp3) is 0.800. The molecule has 3 rings (SSSR count). The van der Waals surface area contributed by atoms with Crippen molar-refractivity contribution in [2.24, 2.45) is 5.73 Å². The number of unbranched alkanes of at least 4 members (excludes halogenated alkanes) is 1. The van der Waals surface area contributed by atoms with Crippen LogP contribution < -0.4 is 16.4 Å². The van der Waals surface area contributed by atoms with Gasteiger partial charge in [0.15, 0.2) is 5.82 Å². The van der Waals surface area contributed by atoms with Crippen molar-refractivity contribution in [2.45, 2.75) is 94.9 Å². The van der Waals surface area contributed by atoms with Gasteiger partial charge in [0.1, 0.15) is 5.54 Å². The van der Waals surface area contributed by atoms with E-state index in [1.54, 1.807) is 0 Å². The van der Waals surface area contributed by atoms with Gasteiger partial charge in [-0.05, 0) is 38.5 Å². The molecular weight excluding hydrogens is 358 g/mol. The molecule has 0 aromatic carbocycles. The van der Waals surface area contributed by atoms with Gasteiger partial charge < -0.3 is 20.9 Å². The molecule has 3 amide bonds. The van der Waals surface area contributed by atoms with Crippen molar-refractivity contribution in [1.82, 2.24) is 20.8 Å². The first-order valence-electron chi connectivity index (χ1n) is 10.8. The number of nitrogens with two attached hydrogens (primary N) is 1. The molecule has 0 saturated heterocycles. The lowest BCUT2D eigenvalue weighted by atomic mass is 9.88. The third-order valence-corrected chi connectivity index (χ3v) is 6.04. The lowest BCUT2D eigenvalue weighted by molar-refractivity contribution is -0.123. The molecule has 0 spiro atoms. The highest BCUT2D eigenvalue weighted by molar-refractivity contribution is 5.77. The summed E-state index contributed by atoms with van der Waals surface area (Å²) in [7, 11) is 0. The van der Waals surface area contributed by atoms with Crippen molar-refractivity contribution in [3.63, 3.8) is 0 Å². The highest BCUT2D eigenvalue weighted by Gasteiger charge is 2.39. The summed E-state index contributed by atoms with van der Waals surface area (Å²) in [5.41, 5.74) is 4.54. The second-order valence-electron chi connectivity index (χ2n) is 8.23. The Kier molecular flexibility index (Phi) is 7.28. The summed E-state index contributed by atoms with van der Waals surface area (Å²) >= 11 is 0. The first kappa shape index (κ1) is 20.6. The number of rotatable bonds is 8. The maximum absolute atomic E-state index is 12.7. The monoisotopic (exact) mass is 391 g/mol. The Morgan fingerprint density at radius 3 is 2.46 bits per heavy atom. The average Bonchev–Trinajstić information content (AvgIpc) is 3.31. The van der Waals surface area contributed by atoms with Crippen LogP contribution in [0.1, 0.15) is 101 Å². The molecule has 1 heterocycles. The predicted octanol–water partition coefficient (Wildman–Crippen LogP) is 3.23. The molecule has 156 valence electrons. The lowest BCUT2D eigenvalue weighted by Gasteiger charge is -2.30. The number of aromatic nitrogens is 2. The summed E-state index contributed by atoms with van der Waals surface area (Å²) in [6, 6.07) is -0.531. The van der Waals surface area contributed by atoms with E-state index in [0.29, 0.717) is 31.1 Å². The topological polar surface area (TPSA) is 123 Å². The largest absolute Gasteiger partial charge is 0.352 e. The number of hydrogen-bond acceptors (Lipinski definition) is 5. The van der Waals surface area contributed by atoms with Crippen LogP contribution in [0.3, 0.4) is 0 Å². The van der Waals surface area contributed by atoms with Gasteiger partial charge in [-0.3, -0.25) is 4.79 Å². The lowest BCUT2D eigenvalue weighted by Crippen LogP contribution is -2.46. The van der Waals surface area contributed by atoms with Crippen LogP contribution in [0.5, 0.6) is 0 Å². The molecule has 0 atom stereocenters. The van der Waals surface area contributed by atoms with Crippen LogP contribution in [0.2, 0.25) is 0 Å². The van der Waals surface area contributed by atoms with Gasteiger partial charge in [-0.25, -0.2) is 4.79 Å². The molecule has 2 fully saturated rings. The number of primary amides is 1. The minimum atomic E-state index is -0.531. The van der Waals surface area contributed by atoms with Gasteiger partial charge in [-0.1, -0.05) is 43.7 Å². The second-order valence-corrected chi connectivity index (χ2v) is 8.23. The molecule has 2 saturated carbocycles. The van der Waals surface area contributed by atoms with Crippen LogP contribution in [0.25, 0.3) is 0 Å². The normalized spacial score (nSPS) is 19.9. The summed E-state index contributed by atoms with van der Waals surface area (Å²) in [5, 5.41) is 10.1. The van der Waals surface area contributed by atoms with E-state index in [-0.39, 0.29) is 5.91 Å². The number of urea groups is 1. The van der Waals surface area contributed by atoms with Gasteiger partial charge in [0.25, 0.3) is 0 Å². The van der Waals surface area contributed by atoms with E-state index in [1.807, 2.05) is 0 Å². The third-order valence-electron chi connectivity index (χ3n) is 6.04. The van der Waals surface area contributed by atoms with Crippen LogP contribution >= 0.6 is 0 Å². The van der Waals surface area contributed by atoms with Crippen LogP contribution in [0, 0.1) is 0 Å². The standard InChI is InChI=1S/C20H33N5O3/c21-19(27)22-14-8-5-11-16(26)24-20(12-6-1-2-7-13-20)18-23-17(28-25-18)15-9-3-4-10-15/h15H,1-14H2,(H,24,26)(H3,21,22,27). The first-order chi connectivity index (χ1) is 13.6. The fourth-order valence-electron chi connectivity index (χ4n) is 4.46. The zero-order chi connectivity index (χ0) is 19.8. The van der Waals surface area contributed by atoms with Crippen molar-refractivity contribution in [2.75, 3.05) is 6.54 Å². The number of carbonyl (C=O) groups is 2. The number of hydrogen-bond donors (Lipinski definition) is 3. The summed E-state index contributed by atoms with van der Waals surface area (Å²) in [5.74, 6) is 1.77.